The summed E-state index contributed by atoms with van der Waals surface area (Å²) in [7, 11) is 1.50. The molecule has 0 radical (unpaired) electrons. The smallest absolute Gasteiger partial charge is 0.277 e. The summed E-state index contributed by atoms with van der Waals surface area (Å²) in [5.41, 5.74) is 0.975. The van der Waals surface area contributed by atoms with Gasteiger partial charge in [0.25, 0.3) is 17.5 Å². The lowest BCUT2D eigenvalue weighted by Gasteiger charge is -2.36. The van der Waals surface area contributed by atoms with Crippen LogP contribution in [0.3, 0.4) is 0 Å². The van der Waals surface area contributed by atoms with Crippen molar-refractivity contribution in [1.29, 1.82) is 0 Å². The summed E-state index contributed by atoms with van der Waals surface area (Å²) >= 11 is 0. The zero-order chi connectivity index (χ0) is 21.0. The third-order valence-electron chi connectivity index (χ3n) is 5.13. The number of carbonyl (C=O) groups excluding carboxylic acids is 2. The summed E-state index contributed by atoms with van der Waals surface area (Å²) in [4.78, 5) is 41.7. The SMILES string of the molecule is COCCN1C(=O)C(c2ccc([N+](=O)[O-])cc2)=C(N2CCN(CCO)CC2)C1=O. The highest BCUT2D eigenvalue weighted by atomic mass is 16.6. The van der Waals surface area contributed by atoms with Crippen molar-refractivity contribution >= 4 is 23.1 Å². The molecule has 156 valence electrons. The number of nitrogens with zero attached hydrogens (tertiary/aromatic N) is 4. The molecule has 1 aromatic rings. The molecular formula is C19H24N4O6. The highest BCUT2D eigenvalue weighted by Crippen LogP contribution is 2.32. The Hall–Kier alpha value is -2.82. The van der Waals surface area contributed by atoms with E-state index in [0.717, 1.165) is 4.90 Å². The maximum atomic E-state index is 13.1. The van der Waals surface area contributed by atoms with Crippen molar-refractivity contribution in [3.8, 4) is 0 Å². The lowest BCUT2D eigenvalue weighted by atomic mass is 10.0. The van der Waals surface area contributed by atoms with Crippen molar-refractivity contribution in [2.24, 2.45) is 0 Å². The van der Waals surface area contributed by atoms with E-state index in [9.17, 15) is 19.7 Å². The van der Waals surface area contributed by atoms with E-state index in [1.807, 2.05) is 4.90 Å². The number of benzene rings is 1. The van der Waals surface area contributed by atoms with E-state index in [1.165, 1.54) is 31.4 Å². The van der Waals surface area contributed by atoms with E-state index in [2.05, 4.69) is 4.90 Å². The van der Waals surface area contributed by atoms with Gasteiger partial charge in [-0.05, 0) is 17.7 Å². The second-order valence-electron chi connectivity index (χ2n) is 6.83. The Balaban J connectivity index is 1.94. The first-order valence-electron chi connectivity index (χ1n) is 9.40. The molecule has 10 heteroatoms. The maximum Gasteiger partial charge on any atom is 0.277 e. The molecule has 0 saturated carbocycles. The minimum absolute atomic E-state index is 0.0684. The molecule has 2 aliphatic rings. The summed E-state index contributed by atoms with van der Waals surface area (Å²) in [6, 6.07) is 5.66. The van der Waals surface area contributed by atoms with Crippen LogP contribution in [-0.2, 0) is 14.3 Å². The minimum Gasteiger partial charge on any atom is -0.395 e. The summed E-state index contributed by atoms with van der Waals surface area (Å²) in [5, 5.41) is 20.0. The van der Waals surface area contributed by atoms with Crippen LogP contribution in [0.5, 0.6) is 0 Å². The number of hydrogen-bond donors (Lipinski definition) is 1. The molecule has 0 spiro atoms. The fourth-order valence-corrected chi connectivity index (χ4v) is 3.59. The Morgan fingerprint density at radius 3 is 2.28 bits per heavy atom. The van der Waals surface area contributed by atoms with Crippen LogP contribution in [0.15, 0.2) is 30.0 Å². The summed E-state index contributed by atoms with van der Waals surface area (Å²) in [6.07, 6.45) is 0. The van der Waals surface area contributed by atoms with Crippen molar-refractivity contribution in [2.45, 2.75) is 0 Å². The standard InChI is InChI=1S/C19H24N4O6/c1-29-13-11-22-18(25)16(14-2-4-15(5-3-14)23(27)28)17(19(22)26)21-8-6-20(7-9-21)10-12-24/h2-5,24H,6-13H2,1H3. The Morgan fingerprint density at radius 2 is 1.72 bits per heavy atom. The zero-order valence-electron chi connectivity index (χ0n) is 16.2. The van der Waals surface area contributed by atoms with Crippen LogP contribution in [0, 0.1) is 10.1 Å². The Labute approximate surface area is 168 Å². The molecule has 10 nitrogen and oxygen atoms in total. The average Bonchev–Trinajstić information content (AvgIpc) is 2.97. The van der Waals surface area contributed by atoms with Crippen molar-refractivity contribution in [3.63, 3.8) is 0 Å². The van der Waals surface area contributed by atoms with Gasteiger partial charge in [0.05, 0.1) is 30.3 Å². The van der Waals surface area contributed by atoms with Crippen LogP contribution in [0.1, 0.15) is 5.56 Å². The molecule has 1 fully saturated rings. The van der Waals surface area contributed by atoms with Crippen LogP contribution in [0.4, 0.5) is 5.69 Å². The maximum absolute atomic E-state index is 13.1. The molecule has 1 saturated heterocycles. The van der Waals surface area contributed by atoms with E-state index < -0.39 is 10.8 Å². The molecule has 3 rings (SSSR count). The summed E-state index contributed by atoms with van der Waals surface area (Å²) in [5.74, 6) is -0.801. The Kier molecular flexibility index (Phi) is 6.57. The third kappa shape index (κ3) is 4.29. The van der Waals surface area contributed by atoms with Gasteiger partial charge in [0.1, 0.15) is 5.70 Å². The van der Waals surface area contributed by atoms with Gasteiger partial charge in [0, 0.05) is 52.0 Å². The fraction of sp³-hybridized carbons (Fsp3) is 0.474. The van der Waals surface area contributed by atoms with Gasteiger partial charge in [-0.25, -0.2) is 0 Å². The van der Waals surface area contributed by atoms with Crippen LogP contribution < -0.4 is 0 Å². The third-order valence-corrected chi connectivity index (χ3v) is 5.13. The van der Waals surface area contributed by atoms with Gasteiger partial charge in [-0.2, -0.15) is 0 Å². The Bertz CT molecular complexity index is 814. The van der Waals surface area contributed by atoms with Crippen molar-refractivity contribution in [2.75, 3.05) is 59.6 Å². The number of nitro groups is 1. The molecule has 0 aliphatic carbocycles. The van der Waals surface area contributed by atoms with Crippen molar-refractivity contribution in [1.82, 2.24) is 14.7 Å². The van der Waals surface area contributed by atoms with Crippen molar-refractivity contribution < 1.29 is 24.4 Å². The van der Waals surface area contributed by atoms with Gasteiger partial charge < -0.3 is 14.7 Å². The summed E-state index contributed by atoms with van der Waals surface area (Å²) in [6.45, 7) is 3.41. The number of piperazine rings is 1. The molecule has 1 aromatic carbocycles. The number of amides is 2. The normalized spacial score (nSPS) is 18.1. The van der Waals surface area contributed by atoms with E-state index in [1.54, 1.807) is 0 Å². The highest BCUT2D eigenvalue weighted by Gasteiger charge is 2.42. The second kappa shape index (κ2) is 9.12. The number of aliphatic hydroxyl groups excluding tert-OH is 1. The first-order valence-corrected chi connectivity index (χ1v) is 9.40. The van der Waals surface area contributed by atoms with Crippen LogP contribution in [-0.4, -0.2) is 96.1 Å². The van der Waals surface area contributed by atoms with Gasteiger partial charge in [-0.15, -0.1) is 0 Å². The molecule has 2 amide bonds. The Morgan fingerprint density at radius 1 is 1.07 bits per heavy atom. The predicted molar refractivity (Wildman–Crippen MR) is 104 cm³/mol. The van der Waals surface area contributed by atoms with E-state index >= 15 is 0 Å². The van der Waals surface area contributed by atoms with Gasteiger partial charge in [0.2, 0.25) is 0 Å². The number of imide groups is 1. The van der Waals surface area contributed by atoms with Crippen LogP contribution >= 0.6 is 0 Å². The minimum atomic E-state index is -0.508. The number of carbonyl (C=O) groups is 2. The molecule has 2 aliphatic heterocycles. The second-order valence-corrected chi connectivity index (χ2v) is 6.83. The lowest BCUT2D eigenvalue weighted by molar-refractivity contribution is -0.384. The average molecular weight is 404 g/mol. The predicted octanol–water partition coefficient (Wildman–Crippen LogP) is -0.0690. The van der Waals surface area contributed by atoms with Gasteiger partial charge >= 0.3 is 0 Å². The quantitative estimate of drug-likeness (QED) is 0.364. The largest absolute Gasteiger partial charge is 0.395 e. The molecule has 0 bridgehead atoms. The first kappa shape index (κ1) is 20.9. The molecule has 0 unspecified atom stereocenters. The molecule has 2 heterocycles. The van der Waals surface area contributed by atoms with Gasteiger partial charge in [-0.3, -0.25) is 29.5 Å². The lowest BCUT2D eigenvalue weighted by Crippen LogP contribution is -2.48. The summed E-state index contributed by atoms with van der Waals surface area (Å²) < 4.78 is 5.02. The number of nitro benzene ring substituents is 1. The first-order chi connectivity index (χ1) is 14.0. The van der Waals surface area contributed by atoms with E-state index in [0.29, 0.717) is 44.0 Å². The number of aliphatic hydroxyl groups is 1. The number of ether oxygens (including phenoxy) is 1. The number of β-amino-alcohol motifs (C(OH)–C–C–N with tert-alkyl or cyclic N) is 1. The molecular weight excluding hydrogens is 380 g/mol. The molecule has 1 N–H and O–H groups in total. The zero-order valence-corrected chi connectivity index (χ0v) is 16.2. The number of non-ortho nitro benzene ring substituents is 1. The van der Waals surface area contributed by atoms with Crippen LogP contribution in [0.25, 0.3) is 5.57 Å². The van der Waals surface area contributed by atoms with Gasteiger partial charge in [-0.1, -0.05) is 0 Å². The highest BCUT2D eigenvalue weighted by molar-refractivity contribution is 6.35. The van der Waals surface area contributed by atoms with E-state index in [4.69, 9.17) is 9.84 Å². The number of methoxy groups -OCH3 is 1. The topological polar surface area (TPSA) is 116 Å². The number of rotatable bonds is 8. The van der Waals surface area contributed by atoms with Crippen molar-refractivity contribution in [3.05, 3.63) is 45.6 Å². The molecule has 0 aromatic heterocycles. The van der Waals surface area contributed by atoms with E-state index in [-0.39, 0.29) is 36.9 Å². The fourth-order valence-electron chi connectivity index (χ4n) is 3.59. The molecule has 0 atom stereocenters. The number of hydrogen-bond acceptors (Lipinski definition) is 8. The van der Waals surface area contributed by atoms with Crippen LogP contribution in [0.2, 0.25) is 0 Å². The molecule has 29 heavy (non-hydrogen) atoms. The van der Waals surface area contributed by atoms with Gasteiger partial charge in [0.15, 0.2) is 0 Å². The monoisotopic (exact) mass is 404 g/mol.